The summed E-state index contributed by atoms with van der Waals surface area (Å²) in [7, 11) is -4.93. The van der Waals surface area contributed by atoms with Gasteiger partial charge in [0.15, 0.2) is 0 Å². The maximum atomic E-state index is 7.90. The van der Waals surface area contributed by atoms with Crippen molar-refractivity contribution in [1.82, 2.24) is 0 Å². The van der Waals surface area contributed by atoms with Crippen LogP contribution in [-0.4, -0.2) is 16.1 Å². The van der Waals surface area contributed by atoms with Crippen molar-refractivity contribution in [2.24, 2.45) is 0 Å². The summed E-state index contributed by atoms with van der Waals surface area (Å²) in [5.74, 6) is 0. The first-order valence-electron chi connectivity index (χ1n) is 42.1. The van der Waals surface area contributed by atoms with E-state index in [9.17, 15) is 0 Å². The molecule has 0 unspecified atom stereocenters. The summed E-state index contributed by atoms with van der Waals surface area (Å²) in [6.07, 6.45) is 0. The second-order valence-electron chi connectivity index (χ2n) is 37.3. The Morgan fingerprint density at radius 3 is 1.24 bits per heavy atom. The fraction of sp³-hybridized carbons (Fsp3) is 0.140. The quantitative estimate of drug-likeness (QED) is 0.101. The van der Waals surface area contributed by atoms with E-state index < -0.39 is 16.1 Å². The number of benzene rings is 18. The minimum absolute atomic E-state index is 0.139. The van der Waals surface area contributed by atoms with Crippen molar-refractivity contribution in [3.05, 3.63) is 362 Å². The zero-order valence-corrected chi connectivity index (χ0v) is 71.1. The third-order valence-corrected chi connectivity index (χ3v) is 38.4. The fourth-order valence-corrected chi connectivity index (χ4v) is 32.6. The minimum atomic E-state index is -2.97. The molecule has 0 saturated heterocycles. The molecule has 2 aliphatic rings. The van der Waals surface area contributed by atoms with E-state index in [4.69, 9.17) is 8.83 Å². The molecule has 2 aromatic heterocycles. The molecule has 0 spiro atoms. The summed E-state index contributed by atoms with van der Waals surface area (Å²) in [6.45, 7) is 29.6. The predicted octanol–water partition coefficient (Wildman–Crippen LogP) is 29.9. The van der Waals surface area contributed by atoms with E-state index in [1.54, 1.807) is 0 Å². The zero-order valence-electron chi connectivity index (χ0n) is 69.1. The molecule has 22 rings (SSSR count). The van der Waals surface area contributed by atoms with E-state index in [0.29, 0.717) is 0 Å². The largest absolute Gasteiger partial charge is 0.456 e. The van der Waals surface area contributed by atoms with Crippen LogP contribution in [0, 0.1) is 0 Å². The SMILES string of the molecule is CC1(C)c2ccccc2-c2ccc(-c3c4ccccc4c(-c4cc([Si](c5ccccc5)(C(C)(C)C)C(C)(C)C)c5oc6c(-c7ccc8c9c(ccc8c7)C(C)(C)c7cc(-c8c%10ccccc%10c(-c%10cc(-c%11ccc([Si](C)(C)c%12ccccc%12)cc%11)c%11oc%12ccccc%12c%11c%10)c%10ccccc8%10)ccc7-9)cccc6c5c4)c4ccccc34)cc21. The van der Waals surface area contributed by atoms with Gasteiger partial charge in [0.25, 0.3) is 0 Å². The summed E-state index contributed by atoms with van der Waals surface area (Å²) in [4.78, 5) is 0. The van der Waals surface area contributed by atoms with Gasteiger partial charge in [-0.15, -0.1) is 0 Å². The molecule has 2 nitrogen and oxygen atoms in total. The molecular weight excluding hydrogens is 1460 g/mol. The van der Waals surface area contributed by atoms with E-state index in [1.807, 2.05) is 0 Å². The maximum Gasteiger partial charge on any atom is 0.143 e. The van der Waals surface area contributed by atoms with Crippen LogP contribution >= 0.6 is 0 Å². The van der Waals surface area contributed by atoms with Gasteiger partial charge in [0.05, 0.1) is 0 Å². The van der Waals surface area contributed by atoms with Crippen LogP contribution in [0.15, 0.2) is 349 Å². The number of para-hydroxylation sites is 2. The molecule has 0 fully saturated rings. The Balaban J connectivity index is 0.683. The zero-order chi connectivity index (χ0) is 80.3. The predicted molar refractivity (Wildman–Crippen MR) is 510 cm³/mol. The Kier molecular flexibility index (Phi) is 15.8. The highest BCUT2D eigenvalue weighted by Crippen LogP contribution is 2.58. The molecule has 0 radical (unpaired) electrons. The molecule has 4 heteroatoms. The number of furan rings is 2. The Labute approximate surface area is 692 Å². The fourth-order valence-electron chi connectivity index (χ4n) is 22.7. The van der Waals surface area contributed by atoms with Gasteiger partial charge in [-0.3, -0.25) is 0 Å². The van der Waals surface area contributed by atoms with Crippen LogP contribution in [0.5, 0.6) is 0 Å². The molecule has 2 aliphatic carbocycles. The molecule has 0 amide bonds. The van der Waals surface area contributed by atoms with E-state index in [-0.39, 0.29) is 20.9 Å². The molecule has 20 aromatic rings. The lowest BCUT2D eigenvalue weighted by atomic mass is 9.80. The molecule has 2 heterocycles. The van der Waals surface area contributed by atoms with Crippen molar-refractivity contribution < 1.29 is 8.83 Å². The number of fused-ring (bicyclic) bond motifs is 18. The number of hydrogen-bond donors (Lipinski definition) is 0. The van der Waals surface area contributed by atoms with Crippen LogP contribution in [0.1, 0.15) is 91.5 Å². The summed E-state index contributed by atoms with van der Waals surface area (Å²) in [5.41, 5.74) is 28.3. The van der Waals surface area contributed by atoms with Crippen LogP contribution in [0.4, 0.5) is 0 Å². The summed E-state index contributed by atoms with van der Waals surface area (Å²) >= 11 is 0. The Bertz CT molecular complexity index is 7510. The van der Waals surface area contributed by atoms with Crippen molar-refractivity contribution in [2.45, 2.75) is 103 Å². The highest BCUT2D eigenvalue weighted by Gasteiger charge is 2.57. The number of hydrogen-bond acceptors (Lipinski definition) is 2. The Morgan fingerprint density at radius 2 is 0.661 bits per heavy atom. The average Bonchev–Trinajstić information content (AvgIpc) is 1.34. The van der Waals surface area contributed by atoms with E-state index in [1.165, 1.54) is 164 Å². The summed E-state index contributed by atoms with van der Waals surface area (Å²) in [5, 5.41) is 22.1. The van der Waals surface area contributed by atoms with Gasteiger partial charge in [-0.25, -0.2) is 0 Å². The third-order valence-electron chi connectivity index (χ3n) is 27.9. The first-order chi connectivity index (χ1) is 57.1. The summed E-state index contributed by atoms with van der Waals surface area (Å²) in [6, 6.07) is 130. The van der Waals surface area contributed by atoms with Crippen LogP contribution in [0.2, 0.25) is 23.2 Å². The van der Waals surface area contributed by atoms with E-state index in [0.717, 1.165) is 66.1 Å². The lowest BCUT2D eigenvalue weighted by Crippen LogP contribution is -2.69. The monoisotopic (exact) mass is 1550 g/mol. The normalized spacial score (nSPS) is 13.9. The van der Waals surface area contributed by atoms with Crippen molar-refractivity contribution in [1.29, 1.82) is 0 Å². The Hall–Kier alpha value is -12.7. The van der Waals surface area contributed by atoms with Crippen molar-refractivity contribution in [2.75, 3.05) is 0 Å². The van der Waals surface area contributed by atoms with Crippen molar-refractivity contribution in [3.63, 3.8) is 0 Å². The van der Waals surface area contributed by atoms with E-state index in [2.05, 4.69) is 422 Å². The third kappa shape index (κ3) is 10.3. The molecule has 0 atom stereocenters. The van der Waals surface area contributed by atoms with Gasteiger partial charge in [-0.05, 0) is 212 Å². The second kappa shape index (κ2) is 25.9. The smallest absolute Gasteiger partial charge is 0.143 e. The van der Waals surface area contributed by atoms with Gasteiger partial charge in [0.1, 0.15) is 38.5 Å². The molecule has 18 aromatic carbocycles. The van der Waals surface area contributed by atoms with Crippen molar-refractivity contribution in [3.8, 4) is 89.0 Å². The van der Waals surface area contributed by atoms with Gasteiger partial charge < -0.3 is 8.83 Å². The summed E-state index contributed by atoms with van der Waals surface area (Å²) < 4.78 is 14.8. The highest BCUT2D eigenvalue weighted by molar-refractivity contribution is 7.07. The van der Waals surface area contributed by atoms with Crippen LogP contribution in [0.25, 0.3) is 187 Å². The molecule has 0 aliphatic heterocycles. The topological polar surface area (TPSA) is 26.3 Å². The number of rotatable bonds is 10. The van der Waals surface area contributed by atoms with Crippen LogP contribution < -0.4 is 20.7 Å². The molecule has 568 valence electrons. The minimum Gasteiger partial charge on any atom is -0.456 e. The Morgan fingerprint density at radius 1 is 0.237 bits per heavy atom. The van der Waals surface area contributed by atoms with Gasteiger partial charge in [0, 0.05) is 43.5 Å². The molecule has 0 N–H and O–H groups in total. The lowest BCUT2D eigenvalue weighted by molar-refractivity contribution is 0.632. The first kappa shape index (κ1) is 71.8. The molecule has 0 saturated carbocycles. The maximum absolute atomic E-state index is 7.90. The molecule has 118 heavy (non-hydrogen) atoms. The first-order valence-corrected chi connectivity index (χ1v) is 47.1. The van der Waals surface area contributed by atoms with Crippen LogP contribution in [-0.2, 0) is 10.8 Å². The van der Waals surface area contributed by atoms with Gasteiger partial charge >= 0.3 is 0 Å². The molecular formula is C114H92O2Si2. The standard InChI is InChI=1S/C114H92O2Si2/c1-111(2,3)118(112(4,5)6,78-34-17-14-18-35-78)102-68-75(106-90-44-25-21-40-86(90)103(87-41-22-26-45-91(87)106)72-53-59-82-81-36-27-29-48-97(81)113(7,8)99(82)66-72)65-96-92-47-31-46-80(108(92)116-110(96)102)71-52-58-79-70(62-71)55-61-98-107(79)93-60-54-73(67-100(93)114(98,9)10)104-84-38-19-23-42-88(84)105(89-43-24-20-39-85(89)104)74-63-94(109-95(64-74)83-37-28-30-49-101(83)115-109)69-50-56-77(57-51-69)117(11,12)76-32-15-13-16-33-76/h13-68H,1-12H3. The average molecular weight is 1550 g/mol. The van der Waals surface area contributed by atoms with E-state index >= 15 is 0 Å². The highest BCUT2D eigenvalue weighted by atomic mass is 28.3. The lowest BCUT2D eigenvalue weighted by Gasteiger charge is -2.52. The van der Waals surface area contributed by atoms with Crippen molar-refractivity contribution >= 4 is 135 Å². The van der Waals surface area contributed by atoms with Crippen LogP contribution in [0.3, 0.4) is 0 Å². The van der Waals surface area contributed by atoms with Gasteiger partial charge in [-0.1, -0.05) is 395 Å². The molecule has 0 bridgehead atoms. The van der Waals surface area contributed by atoms with Gasteiger partial charge in [0.2, 0.25) is 0 Å². The van der Waals surface area contributed by atoms with Gasteiger partial charge in [-0.2, -0.15) is 0 Å². The second-order valence-corrected chi connectivity index (χ2v) is 47.3.